The molecule has 1 aromatic carbocycles. The van der Waals surface area contributed by atoms with Gasteiger partial charge in [-0.05, 0) is 36.2 Å². The third-order valence-electron chi connectivity index (χ3n) is 3.52. The molecule has 0 fully saturated rings. The summed E-state index contributed by atoms with van der Waals surface area (Å²) in [5, 5.41) is 0. The van der Waals surface area contributed by atoms with Crippen LogP contribution in [0.1, 0.15) is 5.56 Å². The van der Waals surface area contributed by atoms with Crippen LogP contribution in [-0.2, 0) is 16.4 Å². The maximum absolute atomic E-state index is 12.6. The normalized spacial score (nSPS) is 13.5. The molecule has 116 valence electrons. The molecule has 0 bridgehead atoms. The molecule has 6 nitrogen and oxygen atoms in total. The monoisotopic (exact) mass is 320 g/mol. The lowest BCUT2D eigenvalue weighted by Crippen LogP contribution is -2.29. The fourth-order valence-electron chi connectivity index (χ4n) is 2.17. The Hall–Kier alpha value is -2.12. The van der Waals surface area contributed by atoms with Crippen molar-refractivity contribution in [3.05, 3.63) is 48.3 Å². The number of rotatable bonds is 5. The van der Waals surface area contributed by atoms with Crippen molar-refractivity contribution in [2.75, 3.05) is 20.4 Å². The average Bonchev–Trinajstić information content (AvgIpc) is 3.01. The van der Waals surface area contributed by atoms with Crippen molar-refractivity contribution >= 4 is 10.0 Å². The first-order chi connectivity index (χ1) is 10.6. The summed E-state index contributed by atoms with van der Waals surface area (Å²) in [7, 11) is -1.98. The van der Waals surface area contributed by atoms with E-state index in [1.807, 2.05) is 12.1 Å². The second kappa shape index (κ2) is 5.94. The second-order valence-electron chi connectivity index (χ2n) is 4.95. The van der Waals surface area contributed by atoms with Gasteiger partial charge in [0, 0.05) is 32.1 Å². The van der Waals surface area contributed by atoms with Crippen LogP contribution in [0.25, 0.3) is 0 Å². The summed E-state index contributed by atoms with van der Waals surface area (Å²) in [6.07, 6.45) is 4.02. The van der Waals surface area contributed by atoms with Crippen LogP contribution in [-0.4, -0.2) is 38.1 Å². The number of hydrogen-bond donors (Lipinski definition) is 0. The van der Waals surface area contributed by atoms with E-state index in [2.05, 4.69) is 4.98 Å². The van der Waals surface area contributed by atoms with E-state index < -0.39 is 10.0 Å². The molecule has 0 radical (unpaired) electrons. The molecule has 2 heterocycles. The molecule has 0 aliphatic carbocycles. The summed E-state index contributed by atoms with van der Waals surface area (Å²) < 4.78 is 36.9. The average molecular weight is 320 g/mol. The summed E-state index contributed by atoms with van der Waals surface area (Å²) >= 11 is 0. The fourth-order valence-corrected chi connectivity index (χ4v) is 3.36. The molecule has 0 atom stereocenters. The quantitative estimate of drug-likeness (QED) is 0.838. The highest BCUT2D eigenvalue weighted by Crippen LogP contribution is 2.34. The molecule has 0 N–H and O–H groups in total. The van der Waals surface area contributed by atoms with Crippen LogP contribution < -0.4 is 9.47 Å². The first-order valence-electron chi connectivity index (χ1n) is 6.82. The SMILES string of the molecule is CN(CCc1ccncc1)S(=O)(=O)c1ccc2c(c1)OCO2. The minimum atomic E-state index is -3.55. The molecule has 1 aliphatic heterocycles. The van der Waals surface area contributed by atoms with Crippen LogP contribution in [0, 0.1) is 0 Å². The van der Waals surface area contributed by atoms with Crippen molar-refractivity contribution in [1.29, 1.82) is 0 Å². The molecule has 1 aromatic heterocycles. The summed E-state index contributed by atoms with van der Waals surface area (Å²) in [5.74, 6) is 1.03. The number of pyridine rings is 1. The third-order valence-corrected chi connectivity index (χ3v) is 5.37. The highest BCUT2D eigenvalue weighted by atomic mass is 32.2. The maximum Gasteiger partial charge on any atom is 0.242 e. The van der Waals surface area contributed by atoms with Crippen molar-refractivity contribution in [2.24, 2.45) is 0 Å². The predicted molar refractivity (Wildman–Crippen MR) is 80.3 cm³/mol. The number of hydrogen-bond acceptors (Lipinski definition) is 5. The van der Waals surface area contributed by atoms with Gasteiger partial charge in [-0.3, -0.25) is 4.98 Å². The van der Waals surface area contributed by atoms with E-state index in [9.17, 15) is 8.42 Å². The smallest absolute Gasteiger partial charge is 0.242 e. The molecule has 22 heavy (non-hydrogen) atoms. The van der Waals surface area contributed by atoms with Gasteiger partial charge in [-0.1, -0.05) is 0 Å². The van der Waals surface area contributed by atoms with Gasteiger partial charge in [0.05, 0.1) is 4.90 Å². The van der Waals surface area contributed by atoms with Crippen LogP contribution >= 0.6 is 0 Å². The Kier molecular flexibility index (Phi) is 4.00. The Morgan fingerprint density at radius 1 is 1.14 bits per heavy atom. The lowest BCUT2D eigenvalue weighted by Gasteiger charge is -2.17. The highest BCUT2D eigenvalue weighted by molar-refractivity contribution is 7.89. The summed E-state index contributed by atoms with van der Waals surface area (Å²) in [6.45, 7) is 0.511. The van der Waals surface area contributed by atoms with Gasteiger partial charge in [0.2, 0.25) is 16.8 Å². The number of ether oxygens (including phenoxy) is 2. The molecule has 3 rings (SSSR count). The van der Waals surface area contributed by atoms with Gasteiger partial charge in [-0.15, -0.1) is 0 Å². The number of likely N-dealkylation sites (N-methyl/N-ethyl adjacent to an activating group) is 1. The first kappa shape index (κ1) is 14.8. The Morgan fingerprint density at radius 3 is 2.64 bits per heavy atom. The van der Waals surface area contributed by atoms with Gasteiger partial charge in [-0.25, -0.2) is 12.7 Å². The molecule has 2 aromatic rings. The largest absolute Gasteiger partial charge is 0.454 e. The van der Waals surface area contributed by atoms with E-state index in [0.29, 0.717) is 24.5 Å². The Morgan fingerprint density at radius 2 is 1.86 bits per heavy atom. The first-order valence-corrected chi connectivity index (χ1v) is 8.26. The van der Waals surface area contributed by atoms with Gasteiger partial charge in [0.1, 0.15) is 0 Å². The molecular formula is C15H16N2O4S. The third kappa shape index (κ3) is 2.90. The molecule has 0 spiro atoms. The van der Waals surface area contributed by atoms with Gasteiger partial charge in [0.25, 0.3) is 0 Å². The number of fused-ring (bicyclic) bond motifs is 1. The van der Waals surface area contributed by atoms with E-state index in [1.165, 1.54) is 16.4 Å². The van der Waals surface area contributed by atoms with Crippen molar-refractivity contribution in [3.8, 4) is 11.5 Å². The molecular weight excluding hydrogens is 304 g/mol. The minimum absolute atomic E-state index is 0.122. The van der Waals surface area contributed by atoms with Gasteiger partial charge < -0.3 is 9.47 Å². The van der Waals surface area contributed by atoms with Crippen LogP contribution in [0.2, 0.25) is 0 Å². The minimum Gasteiger partial charge on any atom is -0.454 e. The van der Waals surface area contributed by atoms with Crippen molar-refractivity contribution in [2.45, 2.75) is 11.3 Å². The Labute approximate surface area is 129 Å². The number of nitrogens with zero attached hydrogens (tertiary/aromatic N) is 2. The van der Waals surface area contributed by atoms with E-state index in [1.54, 1.807) is 25.5 Å². The van der Waals surface area contributed by atoms with Crippen molar-refractivity contribution in [1.82, 2.24) is 9.29 Å². The zero-order chi connectivity index (χ0) is 15.6. The molecule has 0 saturated carbocycles. The number of benzene rings is 1. The van der Waals surface area contributed by atoms with E-state index in [4.69, 9.17) is 9.47 Å². The van der Waals surface area contributed by atoms with Gasteiger partial charge in [0.15, 0.2) is 11.5 Å². The van der Waals surface area contributed by atoms with Crippen molar-refractivity contribution in [3.63, 3.8) is 0 Å². The standard InChI is InChI=1S/C15H16N2O4S/c1-17(9-6-12-4-7-16-8-5-12)22(18,19)13-2-3-14-15(10-13)21-11-20-14/h2-5,7-8,10H,6,9,11H2,1H3. The van der Waals surface area contributed by atoms with Crippen LogP contribution in [0.3, 0.4) is 0 Å². The van der Waals surface area contributed by atoms with Crippen LogP contribution in [0.4, 0.5) is 0 Å². The van der Waals surface area contributed by atoms with Gasteiger partial charge >= 0.3 is 0 Å². The van der Waals surface area contributed by atoms with Crippen molar-refractivity contribution < 1.29 is 17.9 Å². The maximum atomic E-state index is 12.6. The van der Waals surface area contributed by atoms with Crippen LogP contribution in [0.5, 0.6) is 11.5 Å². The van der Waals surface area contributed by atoms with Gasteiger partial charge in [-0.2, -0.15) is 0 Å². The molecule has 0 saturated heterocycles. The van der Waals surface area contributed by atoms with Crippen LogP contribution in [0.15, 0.2) is 47.6 Å². The molecule has 0 amide bonds. The van der Waals surface area contributed by atoms with E-state index in [0.717, 1.165) is 5.56 Å². The second-order valence-corrected chi connectivity index (χ2v) is 6.99. The van der Waals surface area contributed by atoms with E-state index in [-0.39, 0.29) is 11.7 Å². The Balaban J connectivity index is 1.74. The zero-order valence-corrected chi connectivity index (χ0v) is 12.9. The molecule has 1 aliphatic rings. The fraction of sp³-hybridized carbons (Fsp3) is 0.267. The molecule has 0 unspecified atom stereocenters. The zero-order valence-electron chi connectivity index (χ0n) is 12.1. The number of aromatic nitrogens is 1. The lowest BCUT2D eigenvalue weighted by molar-refractivity contribution is 0.174. The highest BCUT2D eigenvalue weighted by Gasteiger charge is 2.24. The van der Waals surface area contributed by atoms with E-state index >= 15 is 0 Å². The summed E-state index contributed by atoms with van der Waals surface area (Å²) in [6, 6.07) is 8.40. The Bertz CT molecular complexity index is 762. The topological polar surface area (TPSA) is 68.7 Å². The lowest BCUT2D eigenvalue weighted by atomic mass is 10.2. The summed E-state index contributed by atoms with van der Waals surface area (Å²) in [4.78, 5) is 4.15. The number of sulfonamides is 1. The molecule has 7 heteroatoms. The predicted octanol–water partition coefficient (Wildman–Crippen LogP) is 1.67. The summed E-state index contributed by atoms with van der Waals surface area (Å²) in [5.41, 5.74) is 1.04.